The molecule has 1 N–H and O–H groups in total. The quantitative estimate of drug-likeness (QED) is 0.868. The van der Waals surface area contributed by atoms with Crippen LogP contribution in [0.5, 0.6) is 0 Å². The topological polar surface area (TPSA) is 15.3 Å². The van der Waals surface area contributed by atoms with E-state index in [1.54, 1.807) is 11.3 Å². The van der Waals surface area contributed by atoms with Crippen LogP contribution in [0.25, 0.3) is 0 Å². The summed E-state index contributed by atoms with van der Waals surface area (Å²) in [6.07, 6.45) is 0. The average molecular weight is 310 g/mol. The third-order valence-electron chi connectivity index (χ3n) is 3.54. The monoisotopic (exact) mass is 310 g/mol. The molecule has 2 nitrogen and oxygen atoms in total. The van der Waals surface area contributed by atoms with Gasteiger partial charge in [0.25, 0.3) is 0 Å². The van der Waals surface area contributed by atoms with Crippen LogP contribution in [0.1, 0.15) is 29.4 Å². The molecule has 0 fully saturated rings. The Morgan fingerprint density at radius 3 is 2.62 bits per heavy atom. The maximum absolute atomic E-state index is 13.8. The second-order valence-electron chi connectivity index (χ2n) is 5.29. The van der Waals surface area contributed by atoms with E-state index in [0.29, 0.717) is 12.1 Å². The van der Waals surface area contributed by atoms with Crippen molar-refractivity contribution in [2.75, 3.05) is 20.6 Å². The SMILES string of the molecule is CC(NCC(c1cccs1)N(C)C)c1cc(F)ccc1F. The number of nitrogens with zero attached hydrogens (tertiary/aromatic N) is 1. The third-order valence-corrected chi connectivity index (χ3v) is 4.51. The lowest BCUT2D eigenvalue weighted by Crippen LogP contribution is -2.32. The zero-order valence-corrected chi connectivity index (χ0v) is 13.3. The van der Waals surface area contributed by atoms with Crippen LogP contribution in [0.15, 0.2) is 35.7 Å². The molecule has 2 unspecified atom stereocenters. The van der Waals surface area contributed by atoms with Crippen molar-refractivity contribution in [1.29, 1.82) is 0 Å². The van der Waals surface area contributed by atoms with Crippen LogP contribution in [0.3, 0.4) is 0 Å². The average Bonchev–Trinajstić information content (AvgIpc) is 2.95. The van der Waals surface area contributed by atoms with Crippen molar-refractivity contribution < 1.29 is 8.78 Å². The fraction of sp³-hybridized carbons (Fsp3) is 0.375. The van der Waals surface area contributed by atoms with E-state index in [9.17, 15) is 8.78 Å². The van der Waals surface area contributed by atoms with Crippen molar-refractivity contribution >= 4 is 11.3 Å². The van der Waals surface area contributed by atoms with Crippen molar-refractivity contribution in [3.05, 3.63) is 57.8 Å². The maximum Gasteiger partial charge on any atom is 0.128 e. The molecule has 5 heteroatoms. The summed E-state index contributed by atoms with van der Waals surface area (Å²) in [6, 6.07) is 7.64. The Morgan fingerprint density at radius 2 is 2.00 bits per heavy atom. The Labute approximate surface area is 128 Å². The molecular formula is C16H20F2N2S. The van der Waals surface area contributed by atoms with E-state index in [1.165, 1.54) is 17.0 Å². The van der Waals surface area contributed by atoms with Crippen molar-refractivity contribution in [3.8, 4) is 0 Å². The molecule has 0 aliphatic heterocycles. The van der Waals surface area contributed by atoms with Gasteiger partial charge in [0.05, 0.1) is 6.04 Å². The van der Waals surface area contributed by atoms with Gasteiger partial charge in [0.15, 0.2) is 0 Å². The minimum Gasteiger partial charge on any atom is -0.308 e. The van der Waals surface area contributed by atoms with Crippen LogP contribution in [-0.2, 0) is 0 Å². The van der Waals surface area contributed by atoms with E-state index in [1.807, 2.05) is 32.5 Å². The molecule has 0 aliphatic carbocycles. The number of hydrogen-bond acceptors (Lipinski definition) is 3. The summed E-state index contributed by atoms with van der Waals surface area (Å²) in [5, 5.41) is 5.34. The summed E-state index contributed by atoms with van der Waals surface area (Å²) in [4.78, 5) is 3.37. The van der Waals surface area contributed by atoms with Crippen LogP contribution < -0.4 is 5.32 Å². The first kappa shape index (κ1) is 16.1. The summed E-state index contributed by atoms with van der Waals surface area (Å²) in [6.45, 7) is 2.52. The summed E-state index contributed by atoms with van der Waals surface area (Å²) in [5.41, 5.74) is 0.360. The fourth-order valence-electron chi connectivity index (χ4n) is 2.26. The Balaban J connectivity index is 2.05. The second kappa shape index (κ2) is 7.11. The number of halogens is 2. The number of thiophene rings is 1. The first-order valence-electron chi connectivity index (χ1n) is 6.87. The van der Waals surface area contributed by atoms with Gasteiger partial charge in [-0.3, -0.25) is 0 Å². The molecule has 0 aliphatic rings. The molecule has 114 valence electrons. The molecule has 0 saturated heterocycles. The number of nitrogens with one attached hydrogen (secondary N) is 1. The van der Waals surface area contributed by atoms with Crippen LogP contribution in [0.2, 0.25) is 0 Å². The lowest BCUT2D eigenvalue weighted by molar-refractivity contribution is 0.285. The number of hydrogen-bond donors (Lipinski definition) is 1. The van der Waals surface area contributed by atoms with Gasteiger partial charge in [-0.2, -0.15) is 0 Å². The summed E-state index contributed by atoms with van der Waals surface area (Å²) in [7, 11) is 4.03. The Kier molecular flexibility index (Phi) is 5.45. The van der Waals surface area contributed by atoms with E-state index < -0.39 is 5.82 Å². The lowest BCUT2D eigenvalue weighted by Gasteiger charge is -2.26. The van der Waals surface area contributed by atoms with Crippen molar-refractivity contribution in [2.45, 2.75) is 19.0 Å². The standard InChI is InChI=1S/C16H20F2N2S/c1-11(13-9-12(17)6-7-14(13)18)19-10-15(20(2)3)16-5-4-8-21-16/h4-9,11,15,19H,10H2,1-3H3. The van der Waals surface area contributed by atoms with Crippen LogP contribution >= 0.6 is 11.3 Å². The van der Waals surface area contributed by atoms with E-state index in [4.69, 9.17) is 0 Å². The molecule has 21 heavy (non-hydrogen) atoms. The highest BCUT2D eigenvalue weighted by Crippen LogP contribution is 2.24. The van der Waals surface area contributed by atoms with E-state index in [2.05, 4.69) is 16.3 Å². The van der Waals surface area contributed by atoms with Gasteiger partial charge < -0.3 is 10.2 Å². The largest absolute Gasteiger partial charge is 0.308 e. The maximum atomic E-state index is 13.8. The van der Waals surface area contributed by atoms with Gasteiger partial charge in [0.2, 0.25) is 0 Å². The molecule has 2 rings (SSSR count). The van der Waals surface area contributed by atoms with Crippen LogP contribution in [0, 0.1) is 11.6 Å². The third kappa shape index (κ3) is 4.09. The van der Waals surface area contributed by atoms with E-state index >= 15 is 0 Å². The molecule has 1 heterocycles. The first-order chi connectivity index (χ1) is 9.99. The molecule has 0 bridgehead atoms. The molecular weight excluding hydrogens is 290 g/mol. The Hall–Kier alpha value is -1.30. The molecule has 0 saturated carbocycles. The highest BCUT2D eigenvalue weighted by atomic mass is 32.1. The number of rotatable bonds is 6. The zero-order valence-electron chi connectivity index (χ0n) is 12.4. The summed E-state index contributed by atoms with van der Waals surface area (Å²) < 4.78 is 27.0. The first-order valence-corrected chi connectivity index (χ1v) is 7.75. The van der Waals surface area contributed by atoms with Crippen LogP contribution in [0.4, 0.5) is 8.78 Å². The highest BCUT2D eigenvalue weighted by molar-refractivity contribution is 7.10. The molecule has 1 aromatic carbocycles. The molecule has 0 spiro atoms. The van der Waals surface area contributed by atoms with Crippen LogP contribution in [-0.4, -0.2) is 25.5 Å². The highest BCUT2D eigenvalue weighted by Gasteiger charge is 2.18. The van der Waals surface area contributed by atoms with Gasteiger partial charge in [-0.05, 0) is 50.7 Å². The summed E-state index contributed by atoms with van der Waals surface area (Å²) >= 11 is 1.70. The molecule has 1 aromatic heterocycles. The Morgan fingerprint density at radius 1 is 1.24 bits per heavy atom. The smallest absolute Gasteiger partial charge is 0.128 e. The number of likely N-dealkylation sites (N-methyl/N-ethyl adjacent to an activating group) is 1. The Bertz CT molecular complexity index is 570. The van der Waals surface area contributed by atoms with Gasteiger partial charge in [-0.15, -0.1) is 11.3 Å². The molecule has 0 amide bonds. The van der Waals surface area contributed by atoms with E-state index in [0.717, 1.165) is 6.07 Å². The minimum absolute atomic E-state index is 0.212. The predicted octanol–water partition coefficient (Wildman–Crippen LogP) is 3.98. The van der Waals surface area contributed by atoms with Gasteiger partial charge in [-0.25, -0.2) is 8.78 Å². The van der Waals surface area contributed by atoms with Crippen molar-refractivity contribution in [1.82, 2.24) is 10.2 Å². The summed E-state index contributed by atoms with van der Waals surface area (Å²) in [5.74, 6) is -0.795. The zero-order chi connectivity index (χ0) is 15.4. The molecule has 2 aromatic rings. The second-order valence-corrected chi connectivity index (χ2v) is 6.27. The van der Waals surface area contributed by atoms with Gasteiger partial charge >= 0.3 is 0 Å². The normalized spacial score (nSPS) is 14.4. The minimum atomic E-state index is -0.414. The van der Waals surface area contributed by atoms with Gasteiger partial charge in [0, 0.05) is 23.0 Å². The van der Waals surface area contributed by atoms with Gasteiger partial charge in [-0.1, -0.05) is 6.07 Å². The van der Waals surface area contributed by atoms with E-state index in [-0.39, 0.29) is 17.9 Å². The molecule has 2 atom stereocenters. The van der Waals surface area contributed by atoms with Crippen molar-refractivity contribution in [2.24, 2.45) is 0 Å². The number of benzene rings is 1. The van der Waals surface area contributed by atoms with Gasteiger partial charge in [0.1, 0.15) is 11.6 Å². The van der Waals surface area contributed by atoms with Crippen molar-refractivity contribution in [3.63, 3.8) is 0 Å². The lowest BCUT2D eigenvalue weighted by atomic mass is 10.1. The predicted molar refractivity (Wildman–Crippen MR) is 83.5 cm³/mol. The molecule has 0 radical (unpaired) electrons. The fourth-order valence-corrected chi connectivity index (χ4v) is 3.19.